The molecule has 0 aromatic heterocycles. The van der Waals surface area contributed by atoms with Crippen LogP contribution in [0.4, 0.5) is 0 Å². The molecular weight excluding hydrogens is 264 g/mol. The largest absolute Gasteiger partial charge is 0.294 e. The lowest BCUT2D eigenvalue weighted by Gasteiger charge is -2.14. The zero-order valence-electron chi connectivity index (χ0n) is 4.88. The van der Waals surface area contributed by atoms with E-state index in [4.69, 9.17) is 0 Å². The molecule has 10 heavy (non-hydrogen) atoms. The van der Waals surface area contributed by atoms with Crippen LogP contribution >= 0.6 is 31.9 Å². The summed E-state index contributed by atoms with van der Waals surface area (Å²) < 4.78 is 0. The van der Waals surface area contributed by atoms with E-state index in [-0.39, 0.29) is 11.6 Å². The first-order valence-corrected chi connectivity index (χ1v) is 4.50. The van der Waals surface area contributed by atoms with Gasteiger partial charge in [-0.2, -0.15) is 0 Å². The number of hydrogen-bond acceptors (Lipinski definition) is 2. The molecule has 0 saturated carbocycles. The zero-order chi connectivity index (χ0) is 7.72. The van der Waals surface area contributed by atoms with Crippen molar-refractivity contribution in [2.75, 3.05) is 0 Å². The third kappa shape index (κ3) is 1.37. The topological polar surface area (TPSA) is 34.1 Å². The highest BCUT2D eigenvalue weighted by Crippen LogP contribution is 2.20. The van der Waals surface area contributed by atoms with Gasteiger partial charge >= 0.3 is 0 Å². The van der Waals surface area contributed by atoms with Gasteiger partial charge in [0.15, 0.2) is 11.6 Å². The standard InChI is InChI=1S/C6H4Br2O2/c7-5-3(9)1-2-4(10)6(5)8/h1-2,5-6H/t5-,6-/m0/s1. The summed E-state index contributed by atoms with van der Waals surface area (Å²) in [4.78, 5) is 20.9. The number of hydrogen-bond donors (Lipinski definition) is 0. The molecule has 54 valence electrons. The number of rotatable bonds is 0. The lowest BCUT2D eigenvalue weighted by Crippen LogP contribution is -2.32. The molecule has 0 N–H and O–H groups in total. The Hall–Kier alpha value is 0.0400. The van der Waals surface area contributed by atoms with Crippen molar-refractivity contribution < 1.29 is 9.59 Å². The van der Waals surface area contributed by atoms with Crippen molar-refractivity contribution in [1.82, 2.24) is 0 Å². The Bertz CT molecular complexity index is 188. The summed E-state index contributed by atoms with van der Waals surface area (Å²) in [6.45, 7) is 0. The summed E-state index contributed by atoms with van der Waals surface area (Å²) in [5, 5.41) is 0. The average Bonchev–Trinajstić information content (AvgIpc) is 1.93. The predicted octanol–water partition coefficient (Wildman–Crippen LogP) is 1.22. The van der Waals surface area contributed by atoms with Crippen molar-refractivity contribution in [3.63, 3.8) is 0 Å². The summed E-state index contributed by atoms with van der Waals surface area (Å²) in [7, 11) is 0. The maximum absolute atomic E-state index is 10.8. The van der Waals surface area contributed by atoms with Crippen molar-refractivity contribution in [2.24, 2.45) is 0 Å². The van der Waals surface area contributed by atoms with Gasteiger partial charge in [0, 0.05) is 0 Å². The van der Waals surface area contributed by atoms with Crippen LogP contribution < -0.4 is 0 Å². The van der Waals surface area contributed by atoms with E-state index < -0.39 is 9.65 Å². The first-order chi connectivity index (χ1) is 4.63. The van der Waals surface area contributed by atoms with E-state index in [9.17, 15) is 9.59 Å². The average molecular weight is 268 g/mol. The highest BCUT2D eigenvalue weighted by molar-refractivity contribution is 9.12. The second-order valence-corrected chi connectivity index (χ2v) is 3.91. The lowest BCUT2D eigenvalue weighted by atomic mass is 10.1. The fraction of sp³-hybridized carbons (Fsp3) is 0.333. The summed E-state index contributed by atoms with van der Waals surface area (Å²) in [5.74, 6) is -0.136. The highest BCUT2D eigenvalue weighted by Gasteiger charge is 2.29. The van der Waals surface area contributed by atoms with Crippen LogP contribution in [0, 0.1) is 0 Å². The molecule has 4 heteroatoms. The smallest absolute Gasteiger partial charge is 0.171 e. The van der Waals surface area contributed by atoms with Crippen molar-refractivity contribution in [3.8, 4) is 0 Å². The van der Waals surface area contributed by atoms with Gasteiger partial charge in [-0.3, -0.25) is 9.59 Å². The Morgan fingerprint density at radius 1 is 1.00 bits per heavy atom. The number of halogens is 2. The molecule has 0 radical (unpaired) electrons. The van der Waals surface area contributed by atoms with Gasteiger partial charge in [0.1, 0.15) is 0 Å². The molecular formula is C6H4Br2O2. The predicted molar refractivity (Wildman–Crippen MR) is 44.6 cm³/mol. The van der Waals surface area contributed by atoms with Gasteiger partial charge in [0.2, 0.25) is 0 Å². The molecule has 0 amide bonds. The van der Waals surface area contributed by atoms with Crippen LogP contribution in [0.25, 0.3) is 0 Å². The Morgan fingerprint density at radius 2 is 1.30 bits per heavy atom. The fourth-order valence-corrected chi connectivity index (χ4v) is 1.46. The van der Waals surface area contributed by atoms with Gasteiger partial charge in [-0.05, 0) is 12.2 Å². The second-order valence-electron chi connectivity index (χ2n) is 1.94. The normalized spacial score (nSPS) is 33.0. The molecule has 0 spiro atoms. The van der Waals surface area contributed by atoms with Crippen molar-refractivity contribution >= 4 is 43.4 Å². The van der Waals surface area contributed by atoms with Gasteiger partial charge < -0.3 is 0 Å². The Morgan fingerprint density at radius 3 is 1.60 bits per heavy atom. The van der Waals surface area contributed by atoms with Crippen LogP contribution in [0.1, 0.15) is 0 Å². The minimum absolute atomic E-state index is 0.0681. The molecule has 0 unspecified atom stereocenters. The van der Waals surface area contributed by atoms with Gasteiger partial charge in [0.25, 0.3) is 0 Å². The monoisotopic (exact) mass is 266 g/mol. The van der Waals surface area contributed by atoms with E-state index in [1.807, 2.05) is 0 Å². The van der Waals surface area contributed by atoms with Crippen LogP contribution in [0.3, 0.4) is 0 Å². The number of ketones is 2. The van der Waals surface area contributed by atoms with Gasteiger partial charge in [-0.1, -0.05) is 31.9 Å². The highest BCUT2D eigenvalue weighted by atomic mass is 79.9. The van der Waals surface area contributed by atoms with E-state index >= 15 is 0 Å². The minimum atomic E-state index is -0.398. The number of alkyl halides is 2. The molecule has 2 atom stereocenters. The van der Waals surface area contributed by atoms with E-state index in [1.165, 1.54) is 12.2 Å². The third-order valence-corrected chi connectivity index (χ3v) is 3.88. The van der Waals surface area contributed by atoms with Gasteiger partial charge in [0.05, 0.1) is 9.65 Å². The van der Waals surface area contributed by atoms with Crippen molar-refractivity contribution in [3.05, 3.63) is 12.2 Å². The second kappa shape index (κ2) is 2.96. The van der Waals surface area contributed by atoms with Crippen molar-refractivity contribution in [1.29, 1.82) is 0 Å². The Kier molecular flexibility index (Phi) is 2.41. The van der Waals surface area contributed by atoms with Gasteiger partial charge in [-0.15, -0.1) is 0 Å². The fourth-order valence-electron chi connectivity index (χ4n) is 0.637. The van der Waals surface area contributed by atoms with Crippen LogP contribution in [0.2, 0.25) is 0 Å². The zero-order valence-corrected chi connectivity index (χ0v) is 8.05. The number of carbonyl (C=O) groups is 2. The molecule has 0 heterocycles. The van der Waals surface area contributed by atoms with Crippen LogP contribution in [0.5, 0.6) is 0 Å². The van der Waals surface area contributed by atoms with E-state index in [2.05, 4.69) is 31.9 Å². The maximum atomic E-state index is 10.8. The number of carbonyl (C=O) groups excluding carboxylic acids is 2. The number of allylic oxidation sites excluding steroid dienone is 2. The Labute approximate surface area is 74.9 Å². The molecule has 0 fully saturated rings. The van der Waals surface area contributed by atoms with Crippen molar-refractivity contribution in [2.45, 2.75) is 9.65 Å². The summed E-state index contributed by atoms with van der Waals surface area (Å²) in [5.41, 5.74) is 0. The molecule has 1 aliphatic rings. The first kappa shape index (κ1) is 8.14. The summed E-state index contributed by atoms with van der Waals surface area (Å²) >= 11 is 6.18. The summed E-state index contributed by atoms with van der Waals surface area (Å²) in [6.07, 6.45) is 2.58. The van der Waals surface area contributed by atoms with Crippen LogP contribution in [-0.2, 0) is 9.59 Å². The Balaban J connectivity index is 2.89. The molecule has 0 bridgehead atoms. The molecule has 2 nitrogen and oxygen atoms in total. The molecule has 0 aliphatic heterocycles. The first-order valence-electron chi connectivity index (χ1n) is 2.67. The van der Waals surface area contributed by atoms with E-state index in [0.29, 0.717) is 0 Å². The molecule has 0 aromatic rings. The minimum Gasteiger partial charge on any atom is -0.294 e. The van der Waals surface area contributed by atoms with E-state index in [0.717, 1.165) is 0 Å². The maximum Gasteiger partial charge on any atom is 0.171 e. The van der Waals surface area contributed by atoms with E-state index in [1.54, 1.807) is 0 Å². The summed E-state index contributed by atoms with van der Waals surface area (Å²) in [6, 6.07) is 0. The van der Waals surface area contributed by atoms with Crippen LogP contribution in [-0.4, -0.2) is 21.2 Å². The third-order valence-electron chi connectivity index (χ3n) is 1.21. The quantitative estimate of drug-likeness (QED) is 0.619. The molecule has 1 rings (SSSR count). The molecule has 0 saturated heterocycles. The molecule has 0 aromatic carbocycles. The van der Waals surface area contributed by atoms with Gasteiger partial charge in [-0.25, -0.2) is 0 Å². The lowest BCUT2D eigenvalue weighted by molar-refractivity contribution is -0.119. The SMILES string of the molecule is O=C1C=CC(=O)[C@H](Br)[C@H]1Br. The van der Waals surface area contributed by atoms with Crippen LogP contribution in [0.15, 0.2) is 12.2 Å². The molecule has 1 aliphatic carbocycles.